The van der Waals surface area contributed by atoms with Gasteiger partial charge < -0.3 is 5.11 Å². The molecule has 0 atom stereocenters. The summed E-state index contributed by atoms with van der Waals surface area (Å²) in [6, 6.07) is 17.9. The maximum Gasteiger partial charge on any atom is 0.126 e. The number of hydrogen-bond acceptors (Lipinski definition) is 2. The van der Waals surface area contributed by atoms with E-state index in [1.807, 2.05) is 36.4 Å². The Bertz CT molecular complexity index is 1020. The Hall–Kier alpha value is -2.43. The van der Waals surface area contributed by atoms with E-state index in [0.29, 0.717) is 5.56 Å². The highest BCUT2D eigenvalue weighted by molar-refractivity contribution is 7.99. The molecule has 4 heteroatoms. The lowest BCUT2D eigenvalue weighted by atomic mass is 9.96. The second-order valence-corrected chi connectivity index (χ2v) is 8.95. The smallest absolute Gasteiger partial charge is 0.126 e. The Morgan fingerprint density at radius 1 is 0.871 bits per heavy atom. The van der Waals surface area contributed by atoms with Crippen LogP contribution in [0.3, 0.4) is 0 Å². The summed E-state index contributed by atoms with van der Waals surface area (Å²) < 4.78 is 27.7. The predicted molar refractivity (Wildman–Crippen MR) is 127 cm³/mol. The molecule has 0 bridgehead atoms. The number of thioether (sulfide) groups is 1. The van der Waals surface area contributed by atoms with Gasteiger partial charge in [-0.05, 0) is 96.5 Å². The molecule has 0 aliphatic carbocycles. The van der Waals surface area contributed by atoms with Crippen molar-refractivity contribution in [1.82, 2.24) is 0 Å². The Morgan fingerprint density at radius 2 is 1.58 bits per heavy atom. The number of allylic oxidation sites excluding steroid dienone is 1. The van der Waals surface area contributed by atoms with Gasteiger partial charge >= 0.3 is 0 Å². The van der Waals surface area contributed by atoms with Gasteiger partial charge in [-0.15, -0.1) is 11.8 Å². The molecule has 0 heterocycles. The Labute approximate surface area is 187 Å². The van der Waals surface area contributed by atoms with E-state index in [2.05, 4.69) is 26.0 Å². The lowest BCUT2D eigenvalue weighted by molar-refractivity contribution is 0.282. The van der Waals surface area contributed by atoms with Gasteiger partial charge in [0.25, 0.3) is 0 Å². The number of aliphatic hydroxyl groups is 1. The summed E-state index contributed by atoms with van der Waals surface area (Å²) in [6.07, 6.45) is 4.71. The van der Waals surface area contributed by atoms with E-state index < -0.39 is 11.6 Å². The lowest BCUT2D eigenvalue weighted by Crippen LogP contribution is -1.92. The maximum absolute atomic E-state index is 13.8. The fourth-order valence-corrected chi connectivity index (χ4v) is 4.31. The van der Waals surface area contributed by atoms with Crippen molar-refractivity contribution >= 4 is 23.4 Å². The first kappa shape index (κ1) is 23.2. The molecule has 0 saturated heterocycles. The van der Waals surface area contributed by atoms with Crippen molar-refractivity contribution in [3.63, 3.8) is 0 Å². The minimum absolute atomic E-state index is 0.0568. The van der Waals surface area contributed by atoms with Crippen LogP contribution >= 0.6 is 11.8 Å². The van der Waals surface area contributed by atoms with Crippen LogP contribution in [0.2, 0.25) is 0 Å². The molecule has 0 aromatic heterocycles. The van der Waals surface area contributed by atoms with Crippen LogP contribution in [0.4, 0.5) is 8.78 Å². The molecule has 1 nitrogen and oxygen atoms in total. The number of unbranched alkanes of at least 4 members (excludes halogenated alkanes) is 1. The number of rotatable bonds is 9. The molecule has 162 valence electrons. The van der Waals surface area contributed by atoms with Gasteiger partial charge in [0, 0.05) is 11.0 Å². The molecule has 0 radical (unpaired) electrons. The van der Waals surface area contributed by atoms with E-state index in [1.54, 1.807) is 11.8 Å². The summed E-state index contributed by atoms with van der Waals surface area (Å²) in [5.74, 6) is -0.141. The molecule has 0 saturated carbocycles. The first-order chi connectivity index (χ1) is 14.9. The van der Waals surface area contributed by atoms with Crippen LogP contribution in [0.1, 0.15) is 47.1 Å². The average Bonchev–Trinajstić information content (AvgIpc) is 2.75. The zero-order valence-electron chi connectivity index (χ0n) is 18.0. The van der Waals surface area contributed by atoms with Crippen LogP contribution in [-0.2, 0) is 6.61 Å². The Kier molecular flexibility index (Phi) is 8.44. The lowest BCUT2D eigenvalue weighted by Gasteiger charge is -2.11. The van der Waals surface area contributed by atoms with Gasteiger partial charge in [-0.2, -0.15) is 0 Å². The molecular formula is C27H28F2OS. The van der Waals surface area contributed by atoms with Gasteiger partial charge in [-0.3, -0.25) is 0 Å². The topological polar surface area (TPSA) is 20.2 Å². The predicted octanol–water partition coefficient (Wildman–Crippen LogP) is 7.58. The molecule has 0 aliphatic rings. The maximum atomic E-state index is 13.8. The number of hydrogen-bond donors (Lipinski definition) is 1. The van der Waals surface area contributed by atoms with E-state index in [1.165, 1.54) is 28.2 Å². The van der Waals surface area contributed by atoms with E-state index >= 15 is 0 Å². The minimum atomic E-state index is -0.553. The van der Waals surface area contributed by atoms with Crippen molar-refractivity contribution in [2.24, 2.45) is 0 Å². The molecule has 0 amide bonds. The summed E-state index contributed by atoms with van der Waals surface area (Å²) in [5.41, 5.74) is 5.91. The normalized spacial score (nSPS) is 11.7. The standard InChI is InChI=1S/C27H28F2OS/c1-19-6-7-22(13-20(19)2)14-23(24-15-25(28)17-26(29)16-24)5-3-4-12-31-27-10-8-21(18-30)9-11-27/h6-11,13-17,30H,3-5,12,18H2,1-2H3/b23-14+. The third-order valence-electron chi connectivity index (χ3n) is 5.32. The van der Waals surface area contributed by atoms with Gasteiger partial charge in [-0.25, -0.2) is 8.78 Å². The fraction of sp³-hybridized carbons (Fsp3) is 0.259. The van der Waals surface area contributed by atoms with E-state index in [-0.39, 0.29) is 6.61 Å². The molecule has 0 fully saturated rings. The molecule has 3 rings (SSSR count). The quantitative estimate of drug-likeness (QED) is 0.211. The number of benzene rings is 3. The molecule has 31 heavy (non-hydrogen) atoms. The van der Waals surface area contributed by atoms with Crippen molar-refractivity contribution in [2.45, 2.75) is 44.6 Å². The molecule has 3 aromatic carbocycles. The van der Waals surface area contributed by atoms with Crippen LogP contribution < -0.4 is 0 Å². The third kappa shape index (κ3) is 7.05. The summed E-state index contributed by atoms with van der Waals surface area (Å²) in [6.45, 7) is 4.19. The van der Waals surface area contributed by atoms with E-state index in [9.17, 15) is 8.78 Å². The second-order valence-electron chi connectivity index (χ2n) is 7.78. The SMILES string of the molecule is Cc1ccc(/C=C(\CCCCSc2ccc(CO)cc2)c2cc(F)cc(F)c2)cc1C. The monoisotopic (exact) mass is 438 g/mol. The van der Waals surface area contributed by atoms with Crippen LogP contribution in [0.5, 0.6) is 0 Å². The first-order valence-electron chi connectivity index (χ1n) is 10.5. The summed E-state index contributed by atoms with van der Waals surface area (Å²) in [7, 11) is 0. The minimum Gasteiger partial charge on any atom is -0.392 e. The zero-order valence-corrected chi connectivity index (χ0v) is 18.8. The second kappa shape index (κ2) is 11.3. The van der Waals surface area contributed by atoms with Crippen LogP contribution in [0.25, 0.3) is 11.6 Å². The Morgan fingerprint density at radius 3 is 2.23 bits per heavy atom. The summed E-state index contributed by atoms with van der Waals surface area (Å²) in [5, 5.41) is 9.13. The zero-order chi connectivity index (χ0) is 22.2. The largest absolute Gasteiger partial charge is 0.392 e. The first-order valence-corrected chi connectivity index (χ1v) is 11.5. The average molecular weight is 439 g/mol. The van der Waals surface area contributed by atoms with Crippen molar-refractivity contribution in [2.75, 3.05) is 5.75 Å². The van der Waals surface area contributed by atoms with Gasteiger partial charge in [-0.1, -0.05) is 36.4 Å². The molecule has 1 N–H and O–H groups in total. The molecule has 0 spiro atoms. The van der Waals surface area contributed by atoms with Crippen molar-refractivity contribution < 1.29 is 13.9 Å². The fourth-order valence-electron chi connectivity index (χ4n) is 3.39. The van der Waals surface area contributed by atoms with Crippen LogP contribution in [0.15, 0.2) is 65.6 Å². The van der Waals surface area contributed by atoms with Gasteiger partial charge in [0.1, 0.15) is 11.6 Å². The third-order valence-corrected chi connectivity index (χ3v) is 6.42. The molecule has 3 aromatic rings. The number of aliphatic hydroxyl groups excluding tert-OH is 1. The molecule has 0 aliphatic heterocycles. The summed E-state index contributed by atoms with van der Waals surface area (Å²) in [4.78, 5) is 1.18. The van der Waals surface area contributed by atoms with Gasteiger partial charge in [0.2, 0.25) is 0 Å². The van der Waals surface area contributed by atoms with Crippen molar-refractivity contribution in [3.8, 4) is 0 Å². The van der Waals surface area contributed by atoms with Crippen LogP contribution in [0, 0.1) is 25.5 Å². The highest BCUT2D eigenvalue weighted by Gasteiger charge is 2.08. The summed E-state index contributed by atoms with van der Waals surface area (Å²) >= 11 is 1.78. The van der Waals surface area contributed by atoms with Gasteiger partial charge in [0.15, 0.2) is 0 Å². The molecule has 0 unspecified atom stereocenters. The van der Waals surface area contributed by atoms with E-state index in [4.69, 9.17) is 5.11 Å². The van der Waals surface area contributed by atoms with Crippen LogP contribution in [-0.4, -0.2) is 10.9 Å². The van der Waals surface area contributed by atoms with Gasteiger partial charge in [0.05, 0.1) is 6.61 Å². The highest BCUT2D eigenvalue weighted by Crippen LogP contribution is 2.27. The highest BCUT2D eigenvalue weighted by atomic mass is 32.2. The van der Waals surface area contributed by atoms with Crippen molar-refractivity contribution in [3.05, 3.63) is 100 Å². The van der Waals surface area contributed by atoms with Crippen molar-refractivity contribution in [1.29, 1.82) is 0 Å². The van der Waals surface area contributed by atoms with E-state index in [0.717, 1.165) is 47.8 Å². The Balaban J connectivity index is 1.67. The molecular weight excluding hydrogens is 410 g/mol. The number of aryl methyl sites for hydroxylation is 2. The number of halogens is 2.